The molecule has 106 valence electrons. The van der Waals surface area contributed by atoms with Crippen LogP contribution in [0.3, 0.4) is 0 Å². The normalized spacial score (nSPS) is 10.3. The van der Waals surface area contributed by atoms with Crippen LogP contribution in [0, 0.1) is 0 Å². The number of nitrogens with one attached hydrogen (secondary N) is 1. The smallest absolute Gasteiger partial charge is 0.136 e. The van der Waals surface area contributed by atoms with E-state index in [2.05, 4.69) is 22.2 Å². The molecule has 2 rings (SSSR count). The van der Waals surface area contributed by atoms with Gasteiger partial charge in [-0.05, 0) is 37.6 Å². The monoisotopic (exact) mass is 272 g/mol. The molecule has 2 aromatic rings. The molecule has 5 heteroatoms. The number of aryl methyl sites for hydroxylation is 1. The molecule has 0 radical (unpaired) electrons. The number of benzene rings is 1. The van der Waals surface area contributed by atoms with Gasteiger partial charge in [0.25, 0.3) is 0 Å². The Morgan fingerprint density at radius 2 is 1.90 bits per heavy atom. The molecule has 0 saturated heterocycles. The van der Waals surface area contributed by atoms with Gasteiger partial charge in [0.15, 0.2) is 0 Å². The van der Waals surface area contributed by atoms with Crippen LogP contribution in [0.25, 0.3) is 0 Å². The van der Waals surface area contributed by atoms with Gasteiger partial charge in [-0.2, -0.15) is 0 Å². The van der Waals surface area contributed by atoms with E-state index in [1.54, 1.807) is 6.07 Å². The molecule has 20 heavy (non-hydrogen) atoms. The Labute approximate surface area is 119 Å². The lowest BCUT2D eigenvalue weighted by Crippen LogP contribution is -2.03. The summed E-state index contributed by atoms with van der Waals surface area (Å²) in [5, 5.41) is 3.23. The summed E-state index contributed by atoms with van der Waals surface area (Å²) in [6.45, 7) is 4.72. The molecule has 1 aromatic heterocycles. The van der Waals surface area contributed by atoms with E-state index in [-0.39, 0.29) is 0 Å². The molecule has 5 nitrogen and oxygen atoms in total. The minimum absolute atomic E-state index is 0.483. The zero-order valence-corrected chi connectivity index (χ0v) is 11.9. The van der Waals surface area contributed by atoms with Gasteiger partial charge in [0.05, 0.1) is 6.61 Å². The van der Waals surface area contributed by atoms with Crippen LogP contribution in [-0.2, 0) is 6.42 Å². The Morgan fingerprint density at radius 1 is 1.15 bits per heavy atom. The molecule has 0 amide bonds. The van der Waals surface area contributed by atoms with E-state index >= 15 is 0 Å². The van der Waals surface area contributed by atoms with Gasteiger partial charge in [-0.3, -0.25) is 0 Å². The Morgan fingerprint density at radius 3 is 2.55 bits per heavy atom. The lowest BCUT2D eigenvalue weighted by molar-refractivity contribution is 0.340. The van der Waals surface area contributed by atoms with Gasteiger partial charge in [-0.25, -0.2) is 9.97 Å². The zero-order chi connectivity index (χ0) is 14.4. The van der Waals surface area contributed by atoms with Crippen LogP contribution in [0.4, 0.5) is 17.3 Å². The van der Waals surface area contributed by atoms with Crippen LogP contribution in [0.2, 0.25) is 0 Å². The Kier molecular flexibility index (Phi) is 4.76. The first-order chi connectivity index (χ1) is 9.71. The maximum absolute atomic E-state index is 5.80. The van der Waals surface area contributed by atoms with Crippen LogP contribution in [0.5, 0.6) is 5.75 Å². The first-order valence-corrected chi connectivity index (χ1v) is 6.84. The number of rotatable bonds is 6. The van der Waals surface area contributed by atoms with Crippen molar-refractivity contribution >= 4 is 17.3 Å². The van der Waals surface area contributed by atoms with Gasteiger partial charge < -0.3 is 15.8 Å². The molecular formula is C15H20N4O. The highest BCUT2D eigenvalue weighted by molar-refractivity contribution is 5.59. The van der Waals surface area contributed by atoms with E-state index in [1.165, 1.54) is 0 Å². The van der Waals surface area contributed by atoms with Gasteiger partial charge in [0, 0.05) is 18.2 Å². The summed E-state index contributed by atoms with van der Waals surface area (Å²) in [5.74, 6) is 2.81. The van der Waals surface area contributed by atoms with Crippen molar-refractivity contribution in [3.8, 4) is 5.75 Å². The molecule has 0 aliphatic heterocycles. The fraction of sp³-hybridized carbons (Fsp3) is 0.333. The van der Waals surface area contributed by atoms with Gasteiger partial charge in [0.2, 0.25) is 0 Å². The summed E-state index contributed by atoms with van der Waals surface area (Å²) in [6, 6.07) is 9.47. The van der Waals surface area contributed by atoms with Crippen molar-refractivity contribution in [3.63, 3.8) is 0 Å². The average molecular weight is 272 g/mol. The predicted molar refractivity (Wildman–Crippen MR) is 81.3 cm³/mol. The number of ether oxygens (including phenoxy) is 1. The number of hydrogen-bond acceptors (Lipinski definition) is 5. The largest absolute Gasteiger partial charge is 0.494 e. The topological polar surface area (TPSA) is 73.1 Å². The first-order valence-electron chi connectivity index (χ1n) is 6.84. The van der Waals surface area contributed by atoms with Crippen LogP contribution < -0.4 is 15.8 Å². The summed E-state index contributed by atoms with van der Waals surface area (Å²) >= 11 is 0. The third-order valence-corrected chi connectivity index (χ3v) is 2.70. The predicted octanol–water partition coefficient (Wildman–Crippen LogP) is 3.15. The SMILES string of the molecule is CCCc1nc(N)cc(Nc2ccc(OCC)cc2)n1. The Hall–Kier alpha value is -2.30. The second-order valence-electron chi connectivity index (χ2n) is 4.43. The van der Waals surface area contributed by atoms with Gasteiger partial charge in [-0.15, -0.1) is 0 Å². The molecule has 0 saturated carbocycles. The van der Waals surface area contributed by atoms with Crippen LogP contribution in [0.15, 0.2) is 30.3 Å². The number of nitrogens with zero attached hydrogens (tertiary/aromatic N) is 2. The summed E-state index contributed by atoms with van der Waals surface area (Å²) in [5.41, 5.74) is 6.73. The number of anilines is 3. The van der Waals surface area contributed by atoms with E-state index in [0.29, 0.717) is 18.2 Å². The van der Waals surface area contributed by atoms with Crippen LogP contribution >= 0.6 is 0 Å². The number of nitrogen functional groups attached to an aromatic ring is 1. The van der Waals surface area contributed by atoms with Crippen molar-refractivity contribution in [2.75, 3.05) is 17.7 Å². The van der Waals surface area contributed by atoms with Crippen molar-refractivity contribution in [1.82, 2.24) is 9.97 Å². The van der Waals surface area contributed by atoms with Gasteiger partial charge in [-0.1, -0.05) is 6.92 Å². The van der Waals surface area contributed by atoms with Crippen LogP contribution in [0.1, 0.15) is 26.1 Å². The van der Waals surface area contributed by atoms with E-state index in [0.717, 1.165) is 30.1 Å². The summed E-state index contributed by atoms with van der Waals surface area (Å²) in [4.78, 5) is 8.65. The third-order valence-electron chi connectivity index (χ3n) is 2.70. The third kappa shape index (κ3) is 3.85. The number of hydrogen-bond donors (Lipinski definition) is 2. The highest BCUT2D eigenvalue weighted by Gasteiger charge is 2.03. The van der Waals surface area contributed by atoms with Crippen LogP contribution in [-0.4, -0.2) is 16.6 Å². The first kappa shape index (κ1) is 14.1. The molecule has 0 spiro atoms. The lowest BCUT2D eigenvalue weighted by Gasteiger charge is -2.09. The number of nitrogens with two attached hydrogens (primary N) is 1. The minimum atomic E-state index is 0.483. The summed E-state index contributed by atoms with van der Waals surface area (Å²) in [7, 11) is 0. The van der Waals surface area contributed by atoms with E-state index in [9.17, 15) is 0 Å². The molecule has 0 atom stereocenters. The van der Waals surface area contributed by atoms with Gasteiger partial charge in [0.1, 0.15) is 23.2 Å². The van der Waals surface area contributed by atoms with Crippen molar-refractivity contribution in [3.05, 3.63) is 36.2 Å². The van der Waals surface area contributed by atoms with Gasteiger partial charge >= 0.3 is 0 Å². The molecule has 0 fully saturated rings. The van der Waals surface area contributed by atoms with E-state index in [1.807, 2.05) is 31.2 Å². The molecule has 0 unspecified atom stereocenters. The molecule has 1 heterocycles. The Bertz CT molecular complexity index is 554. The highest BCUT2D eigenvalue weighted by atomic mass is 16.5. The quantitative estimate of drug-likeness (QED) is 0.845. The highest BCUT2D eigenvalue weighted by Crippen LogP contribution is 2.20. The Balaban J connectivity index is 2.12. The second kappa shape index (κ2) is 6.75. The maximum atomic E-state index is 5.80. The minimum Gasteiger partial charge on any atom is -0.494 e. The van der Waals surface area contributed by atoms with Crippen molar-refractivity contribution in [2.45, 2.75) is 26.7 Å². The second-order valence-corrected chi connectivity index (χ2v) is 4.43. The van der Waals surface area contributed by atoms with E-state index in [4.69, 9.17) is 10.5 Å². The van der Waals surface area contributed by atoms with Crippen molar-refractivity contribution in [2.24, 2.45) is 0 Å². The lowest BCUT2D eigenvalue weighted by atomic mass is 10.3. The fourth-order valence-electron chi connectivity index (χ4n) is 1.87. The van der Waals surface area contributed by atoms with Crippen molar-refractivity contribution in [1.29, 1.82) is 0 Å². The number of aromatic nitrogens is 2. The molecule has 0 bridgehead atoms. The molecule has 0 aliphatic carbocycles. The standard InChI is InChI=1S/C15H20N4O/c1-3-5-14-18-13(16)10-15(19-14)17-11-6-8-12(9-7-11)20-4-2/h6-10H,3-5H2,1-2H3,(H3,16,17,18,19). The molecule has 1 aromatic carbocycles. The fourth-order valence-corrected chi connectivity index (χ4v) is 1.87. The maximum Gasteiger partial charge on any atom is 0.136 e. The molecular weight excluding hydrogens is 252 g/mol. The van der Waals surface area contributed by atoms with E-state index < -0.39 is 0 Å². The van der Waals surface area contributed by atoms with Crippen molar-refractivity contribution < 1.29 is 4.74 Å². The summed E-state index contributed by atoms with van der Waals surface area (Å²) < 4.78 is 5.41. The summed E-state index contributed by atoms with van der Waals surface area (Å²) in [6.07, 6.45) is 1.81. The zero-order valence-electron chi connectivity index (χ0n) is 11.9. The molecule has 0 aliphatic rings. The molecule has 3 N–H and O–H groups in total. The average Bonchev–Trinajstić information content (AvgIpc) is 2.41.